The molecular formula is C14H18N2S. The number of benzene rings is 1. The molecule has 1 aliphatic rings. The molecule has 1 unspecified atom stereocenters. The van der Waals surface area contributed by atoms with Gasteiger partial charge in [0, 0.05) is 6.42 Å². The second-order valence-corrected chi connectivity index (χ2v) is 5.94. The zero-order valence-electron chi connectivity index (χ0n) is 10.2. The van der Waals surface area contributed by atoms with Gasteiger partial charge >= 0.3 is 0 Å². The molecule has 3 heteroatoms. The van der Waals surface area contributed by atoms with Crippen LogP contribution in [-0.2, 0) is 12.8 Å². The normalized spacial score (nSPS) is 20.2. The topological polar surface area (TPSA) is 24.9 Å². The largest absolute Gasteiger partial charge is 0.316 e. The quantitative estimate of drug-likeness (QED) is 0.900. The van der Waals surface area contributed by atoms with E-state index in [1.165, 1.54) is 33.8 Å². The molecule has 0 saturated carbocycles. The first kappa shape index (κ1) is 11.2. The highest BCUT2D eigenvalue weighted by molar-refractivity contribution is 7.18. The first-order valence-electron chi connectivity index (χ1n) is 6.44. The van der Waals surface area contributed by atoms with Gasteiger partial charge in [-0.2, -0.15) is 0 Å². The molecule has 0 spiro atoms. The van der Waals surface area contributed by atoms with Gasteiger partial charge in [-0.1, -0.05) is 13.0 Å². The average Bonchev–Trinajstić information content (AvgIpc) is 2.96. The summed E-state index contributed by atoms with van der Waals surface area (Å²) in [6, 6.07) is 6.66. The molecule has 17 heavy (non-hydrogen) atoms. The van der Waals surface area contributed by atoms with Gasteiger partial charge < -0.3 is 5.32 Å². The highest BCUT2D eigenvalue weighted by atomic mass is 32.1. The van der Waals surface area contributed by atoms with E-state index in [-0.39, 0.29) is 0 Å². The molecule has 1 N–H and O–H groups in total. The second kappa shape index (κ2) is 4.75. The van der Waals surface area contributed by atoms with Crippen LogP contribution in [0.15, 0.2) is 18.2 Å². The number of hydrogen-bond donors (Lipinski definition) is 1. The Bertz CT molecular complexity index is 512. The summed E-state index contributed by atoms with van der Waals surface area (Å²) in [6.45, 7) is 4.54. The van der Waals surface area contributed by atoms with Gasteiger partial charge in [0.25, 0.3) is 0 Å². The monoisotopic (exact) mass is 246 g/mol. The summed E-state index contributed by atoms with van der Waals surface area (Å²) in [7, 11) is 0. The maximum Gasteiger partial charge on any atom is 0.0941 e. The van der Waals surface area contributed by atoms with Gasteiger partial charge in [-0.05, 0) is 49.5 Å². The van der Waals surface area contributed by atoms with Crippen molar-refractivity contribution in [3.63, 3.8) is 0 Å². The Labute approximate surface area is 106 Å². The first-order chi connectivity index (χ1) is 8.35. The Kier molecular flexibility index (Phi) is 3.12. The van der Waals surface area contributed by atoms with Crippen molar-refractivity contribution < 1.29 is 0 Å². The molecule has 1 aromatic heterocycles. The lowest BCUT2D eigenvalue weighted by atomic mass is 10.1. The molecule has 1 aromatic carbocycles. The molecule has 0 aliphatic carbocycles. The van der Waals surface area contributed by atoms with E-state index in [2.05, 4.69) is 30.4 Å². The molecule has 2 nitrogen and oxygen atoms in total. The van der Waals surface area contributed by atoms with Gasteiger partial charge in [0.05, 0.1) is 15.2 Å². The summed E-state index contributed by atoms with van der Waals surface area (Å²) < 4.78 is 1.35. The standard InChI is InChI=1S/C14H18N2S/c1-2-10-3-4-12-13(7-10)17-14(16-12)8-11-5-6-15-9-11/h3-4,7,11,15H,2,5-6,8-9H2,1H3. The second-order valence-electron chi connectivity index (χ2n) is 4.83. The van der Waals surface area contributed by atoms with Gasteiger partial charge in [0.1, 0.15) is 0 Å². The van der Waals surface area contributed by atoms with E-state index in [0.717, 1.165) is 25.3 Å². The minimum Gasteiger partial charge on any atom is -0.316 e. The van der Waals surface area contributed by atoms with Crippen molar-refractivity contribution in [3.8, 4) is 0 Å². The van der Waals surface area contributed by atoms with Gasteiger partial charge in [-0.3, -0.25) is 0 Å². The van der Waals surface area contributed by atoms with E-state index >= 15 is 0 Å². The molecular weight excluding hydrogens is 228 g/mol. The summed E-state index contributed by atoms with van der Waals surface area (Å²) in [5.41, 5.74) is 2.59. The SMILES string of the molecule is CCc1ccc2nc(CC3CCNC3)sc2c1. The third-order valence-corrected chi connectivity index (χ3v) is 4.57. The number of rotatable bonds is 3. The van der Waals surface area contributed by atoms with Crippen LogP contribution in [0.1, 0.15) is 23.9 Å². The van der Waals surface area contributed by atoms with Crippen molar-refractivity contribution in [1.82, 2.24) is 10.3 Å². The Morgan fingerprint density at radius 3 is 3.18 bits per heavy atom. The molecule has 2 aromatic rings. The maximum absolute atomic E-state index is 4.74. The van der Waals surface area contributed by atoms with E-state index in [9.17, 15) is 0 Å². The van der Waals surface area contributed by atoms with Gasteiger partial charge in [0.15, 0.2) is 0 Å². The number of fused-ring (bicyclic) bond motifs is 1. The van der Waals surface area contributed by atoms with Crippen molar-refractivity contribution in [1.29, 1.82) is 0 Å². The van der Waals surface area contributed by atoms with Gasteiger partial charge in [-0.25, -0.2) is 4.98 Å². The minimum absolute atomic E-state index is 0.793. The number of aromatic nitrogens is 1. The van der Waals surface area contributed by atoms with Crippen LogP contribution in [0.2, 0.25) is 0 Å². The highest BCUT2D eigenvalue weighted by Gasteiger charge is 2.16. The zero-order valence-corrected chi connectivity index (χ0v) is 11.0. The molecule has 90 valence electrons. The number of aryl methyl sites for hydroxylation is 1. The lowest BCUT2D eigenvalue weighted by Crippen LogP contribution is -2.10. The van der Waals surface area contributed by atoms with Crippen molar-refractivity contribution in [2.24, 2.45) is 5.92 Å². The third-order valence-electron chi connectivity index (χ3n) is 3.53. The van der Waals surface area contributed by atoms with E-state index < -0.39 is 0 Å². The number of nitrogens with zero attached hydrogens (tertiary/aromatic N) is 1. The molecule has 1 atom stereocenters. The van der Waals surface area contributed by atoms with E-state index in [4.69, 9.17) is 4.98 Å². The van der Waals surface area contributed by atoms with Gasteiger partial charge in [0.2, 0.25) is 0 Å². The Balaban J connectivity index is 1.85. The highest BCUT2D eigenvalue weighted by Crippen LogP contribution is 2.26. The fourth-order valence-corrected chi connectivity index (χ4v) is 3.61. The average molecular weight is 246 g/mol. The number of nitrogens with one attached hydrogen (secondary N) is 1. The predicted molar refractivity (Wildman–Crippen MR) is 73.7 cm³/mol. The van der Waals surface area contributed by atoms with E-state index in [0.29, 0.717) is 0 Å². The lowest BCUT2D eigenvalue weighted by Gasteiger charge is -2.03. The summed E-state index contributed by atoms with van der Waals surface area (Å²) >= 11 is 1.87. The summed E-state index contributed by atoms with van der Waals surface area (Å²) in [5, 5.41) is 4.73. The Hall–Kier alpha value is -0.930. The number of thiazole rings is 1. The molecule has 1 aliphatic heterocycles. The third kappa shape index (κ3) is 2.35. The maximum atomic E-state index is 4.74. The van der Waals surface area contributed by atoms with Crippen molar-refractivity contribution in [3.05, 3.63) is 28.8 Å². The molecule has 1 fully saturated rings. The first-order valence-corrected chi connectivity index (χ1v) is 7.26. The fourth-order valence-electron chi connectivity index (χ4n) is 2.46. The van der Waals surface area contributed by atoms with Crippen LogP contribution in [0.25, 0.3) is 10.2 Å². The predicted octanol–water partition coefficient (Wildman–Crippen LogP) is 3.01. The van der Waals surface area contributed by atoms with Crippen molar-refractivity contribution in [2.45, 2.75) is 26.2 Å². The molecule has 3 rings (SSSR count). The zero-order chi connectivity index (χ0) is 11.7. The Morgan fingerprint density at radius 2 is 2.41 bits per heavy atom. The van der Waals surface area contributed by atoms with Crippen molar-refractivity contribution in [2.75, 3.05) is 13.1 Å². The Morgan fingerprint density at radius 1 is 1.47 bits per heavy atom. The molecule has 1 saturated heterocycles. The summed E-state index contributed by atoms with van der Waals surface area (Å²) in [5.74, 6) is 0.793. The van der Waals surface area contributed by atoms with Crippen LogP contribution >= 0.6 is 11.3 Å². The molecule has 0 amide bonds. The van der Waals surface area contributed by atoms with Crippen molar-refractivity contribution >= 4 is 21.6 Å². The summed E-state index contributed by atoms with van der Waals surface area (Å²) in [4.78, 5) is 4.74. The summed E-state index contributed by atoms with van der Waals surface area (Å²) in [6.07, 6.45) is 3.56. The van der Waals surface area contributed by atoms with Crippen LogP contribution in [-0.4, -0.2) is 18.1 Å². The fraction of sp³-hybridized carbons (Fsp3) is 0.500. The molecule has 2 heterocycles. The van der Waals surface area contributed by atoms with E-state index in [1.807, 2.05) is 11.3 Å². The van der Waals surface area contributed by atoms with Crippen LogP contribution in [0.4, 0.5) is 0 Å². The van der Waals surface area contributed by atoms with E-state index in [1.54, 1.807) is 0 Å². The molecule has 0 radical (unpaired) electrons. The molecule has 0 bridgehead atoms. The smallest absolute Gasteiger partial charge is 0.0941 e. The lowest BCUT2D eigenvalue weighted by molar-refractivity contribution is 0.579. The number of hydrogen-bond acceptors (Lipinski definition) is 3. The van der Waals surface area contributed by atoms with Crippen LogP contribution in [0.3, 0.4) is 0 Å². The van der Waals surface area contributed by atoms with Crippen LogP contribution in [0.5, 0.6) is 0 Å². The van der Waals surface area contributed by atoms with Crippen LogP contribution in [0, 0.1) is 5.92 Å². The van der Waals surface area contributed by atoms with Crippen LogP contribution < -0.4 is 5.32 Å². The van der Waals surface area contributed by atoms with Gasteiger partial charge in [-0.15, -0.1) is 11.3 Å². The minimum atomic E-state index is 0.793.